The van der Waals surface area contributed by atoms with E-state index in [1.54, 1.807) is 7.11 Å². The zero-order valence-electron chi connectivity index (χ0n) is 10.6. The Hall–Kier alpha value is -0.0800. The van der Waals surface area contributed by atoms with Gasteiger partial charge in [0.2, 0.25) is 0 Å². The maximum atomic E-state index is 10.1. The Morgan fingerprint density at radius 3 is 2.20 bits per heavy atom. The van der Waals surface area contributed by atoms with Crippen molar-refractivity contribution in [2.75, 3.05) is 7.11 Å². The molecule has 90 valence electrons. The van der Waals surface area contributed by atoms with Gasteiger partial charge in [-0.2, -0.15) is 0 Å². The number of hydrogen-bond acceptors (Lipinski definition) is 2. The summed E-state index contributed by atoms with van der Waals surface area (Å²) in [6.07, 6.45) is 4.46. The first-order chi connectivity index (χ1) is 7.02. The number of methoxy groups -OCH3 is 1. The molecule has 4 atom stereocenters. The van der Waals surface area contributed by atoms with Crippen LogP contribution in [0, 0.1) is 17.8 Å². The Kier molecular flexibility index (Phi) is 5.07. The maximum absolute atomic E-state index is 10.1. The van der Waals surface area contributed by atoms with Gasteiger partial charge in [-0.15, -0.1) is 0 Å². The second-order valence-corrected chi connectivity index (χ2v) is 5.53. The smallest absolute Gasteiger partial charge is 0.0593 e. The van der Waals surface area contributed by atoms with Gasteiger partial charge in [0.1, 0.15) is 0 Å². The summed E-state index contributed by atoms with van der Waals surface area (Å²) in [7, 11) is 1.71. The molecule has 0 radical (unpaired) electrons. The van der Waals surface area contributed by atoms with Crippen LogP contribution in [-0.2, 0) is 4.74 Å². The lowest BCUT2D eigenvalue weighted by atomic mass is 9.74. The molecule has 0 aromatic rings. The minimum atomic E-state index is -0.176. The predicted molar refractivity (Wildman–Crippen MR) is 62.8 cm³/mol. The lowest BCUT2D eigenvalue weighted by Crippen LogP contribution is -2.31. The van der Waals surface area contributed by atoms with Crippen molar-refractivity contribution < 1.29 is 9.84 Å². The van der Waals surface area contributed by atoms with Crippen LogP contribution in [-0.4, -0.2) is 24.4 Å². The normalized spacial score (nSPS) is 36.2. The second-order valence-electron chi connectivity index (χ2n) is 5.53. The standard InChI is InChI=1S/C13H26O2/c1-9-5-10(2)7-12(6-9)13(14)8-11(3)15-4/h9-14H,5-8H2,1-4H3. The second kappa shape index (κ2) is 5.86. The SMILES string of the molecule is COC(C)CC(O)C1CC(C)CC(C)C1. The van der Waals surface area contributed by atoms with Gasteiger partial charge in [0.25, 0.3) is 0 Å². The Balaban J connectivity index is 2.40. The van der Waals surface area contributed by atoms with Crippen molar-refractivity contribution in [2.45, 2.75) is 58.7 Å². The Labute approximate surface area is 94.0 Å². The predicted octanol–water partition coefficient (Wildman–Crippen LogP) is 2.84. The first kappa shape index (κ1) is 13.0. The average molecular weight is 214 g/mol. The van der Waals surface area contributed by atoms with Crippen molar-refractivity contribution in [2.24, 2.45) is 17.8 Å². The molecule has 2 heteroatoms. The lowest BCUT2D eigenvalue weighted by molar-refractivity contribution is 0.00530. The summed E-state index contributed by atoms with van der Waals surface area (Å²) in [6, 6.07) is 0. The largest absolute Gasteiger partial charge is 0.393 e. The molecule has 0 bridgehead atoms. The van der Waals surface area contributed by atoms with Gasteiger partial charge in [-0.25, -0.2) is 0 Å². The molecule has 0 saturated heterocycles. The summed E-state index contributed by atoms with van der Waals surface area (Å²) in [4.78, 5) is 0. The molecule has 1 rings (SSSR count). The minimum Gasteiger partial charge on any atom is -0.393 e. The maximum Gasteiger partial charge on any atom is 0.0593 e. The summed E-state index contributed by atoms with van der Waals surface area (Å²) < 4.78 is 5.21. The van der Waals surface area contributed by atoms with Crippen LogP contribution in [0.4, 0.5) is 0 Å². The fourth-order valence-corrected chi connectivity index (χ4v) is 2.95. The van der Waals surface area contributed by atoms with E-state index in [1.807, 2.05) is 6.92 Å². The molecule has 1 N–H and O–H groups in total. The highest BCUT2D eigenvalue weighted by atomic mass is 16.5. The molecule has 0 aliphatic heterocycles. The van der Waals surface area contributed by atoms with Gasteiger partial charge < -0.3 is 9.84 Å². The van der Waals surface area contributed by atoms with Crippen LogP contribution in [0.25, 0.3) is 0 Å². The van der Waals surface area contributed by atoms with Crippen molar-refractivity contribution in [3.63, 3.8) is 0 Å². The number of aliphatic hydroxyl groups excluding tert-OH is 1. The fourth-order valence-electron chi connectivity index (χ4n) is 2.95. The molecule has 15 heavy (non-hydrogen) atoms. The molecule has 0 spiro atoms. The molecule has 0 aromatic heterocycles. The summed E-state index contributed by atoms with van der Waals surface area (Å²) in [5.41, 5.74) is 0. The zero-order valence-corrected chi connectivity index (χ0v) is 10.6. The topological polar surface area (TPSA) is 29.5 Å². The van der Waals surface area contributed by atoms with Gasteiger partial charge in [-0.1, -0.05) is 13.8 Å². The summed E-state index contributed by atoms with van der Waals surface area (Å²) in [6.45, 7) is 6.63. The number of aliphatic hydroxyl groups is 1. The van der Waals surface area contributed by atoms with Crippen LogP contribution in [0.5, 0.6) is 0 Å². The van der Waals surface area contributed by atoms with Crippen LogP contribution in [0.1, 0.15) is 46.5 Å². The van der Waals surface area contributed by atoms with Crippen molar-refractivity contribution in [1.82, 2.24) is 0 Å². The number of hydrogen-bond donors (Lipinski definition) is 1. The summed E-state index contributed by atoms with van der Waals surface area (Å²) >= 11 is 0. The van der Waals surface area contributed by atoms with Crippen molar-refractivity contribution in [1.29, 1.82) is 0 Å². The van der Waals surface area contributed by atoms with Crippen molar-refractivity contribution >= 4 is 0 Å². The van der Waals surface area contributed by atoms with Gasteiger partial charge in [0, 0.05) is 7.11 Å². The van der Waals surface area contributed by atoms with Crippen molar-refractivity contribution in [3.8, 4) is 0 Å². The molecule has 4 unspecified atom stereocenters. The quantitative estimate of drug-likeness (QED) is 0.779. The van der Waals surface area contributed by atoms with Crippen LogP contribution < -0.4 is 0 Å². The molecule has 1 aliphatic rings. The number of ether oxygens (including phenoxy) is 1. The molecular weight excluding hydrogens is 188 g/mol. The van der Waals surface area contributed by atoms with Gasteiger partial charge in [0.15, 0.2) is 0 Å². The van der Waals surface area contributed by atoms with E-state index in [1.165, 1.54) is 19.3 Å². The Bertz CT molecular complexity index is 171. The van der Waals surface area contributed by atoms with E-state index in [9.17, 15) is 5.11 Å². The van der Waals surface area contributed by atoms with Crippen molar-refractivity contribution in [3.05, 3.63) is 0 Å². The van der Waals surface area contributed by atoms with E-state index in [2.05, 4.69) is 13.8 Å². The molecular formula is C13H26O2. The van der Waals surface area contributed by atoms with E-state index < -0.39 is 0 Å². The van der Waals surface area contributed by atoms with E-state index in [0.29, 0.717) is 5.92 Å². The third-order valence-electron chi connectivity index (χ3n) is 3.73. The van der Waals surface area contributed by atoms with E-state index in [4.69, 9.17) is 4.74 Å². The zero-order chi connectivity index (χ0) is 11.4. The molecule has 0 amide bonds. The van der Waals surface area contributed by atoms with Crippen LogP contribution in [0.3, 0.4) is 0 Å². The van der Waals surface area contributed by atoms with Crippen LogP contribution in [0.2, 0.25) is 0 Å². The first-order valence-electron chi connectivity index (χ1n) is 6.23. The highest BCUT2D eigenvalue weighted by Crippen LogP contribution is 2.35. The lowest BCUT2D eigenvalue weighted by Gasteiger charge is -2.35. The van der Waals surface area contributed by atoms with Gasteiger partial charge in [-0.3, -0.25) is 0 Å². The average Bonchev–Trinajstić information content (AvgIpc) is 2.16. The first-order valence-corrected chi connectivity index (χ1v) is 6.23. The third-order valence-corrected chi connectivity index (χ3v) is 3.73. The van der Waals surface area contributed by atoms with Gasteiger partial charge in [-0.05, 0) is 50.4 Å². The van der Waals surface area contributed by atoms with Crippen LogP contribution in [0.15, 0.2) is 0 Å². The van der Waals surface area contributed by atoms with Gasteiger partial charge in [0.05, 0.1) is 12.2 Å². The molecule has 0 heterocycles. The summed E-state index contributed by atoms with van der Waals surface area (Å²) in [5.74, 6) is 2.03. The molecule has 2 nitrogen and oxygen atoms in total. The highest BCUT2D eigenvalue weighted by molar-refractivity contribution is 4.80. The summed E-state index contributed by atoms with van der Waals surface area (Å²) in [5, 5.41) is 10.1. The van der Waals surface area contributed by atoms with E-state index in [-0.39, 0.29) is 12.2 Å². The Morgan fingerprint density at radius 2 is 1.73 bits per heavy atom. The molecule has 1 fully saturated rings. The monoisotopic (exact) mass is 214 g/mol. The van der Waals surface area contributed by atoms with Gasteiger partial charge >= 0.3 is 0 Å². The Morgan fingerprint density at radius 1 is 1.20 bits per heavy atom. The fraction of sp³-hybridized carbons (Fsp3) is 1.00. The minimum absolute atomic E-state index is 0.174. The molecule has 1 aliphatic carbocycles. The van der Waals surface area contributed by atoms with E-state index >= 15 is 0 Å². The molecule has 0 aromatic carbocycles. The third kappa shape index (κ3) is 4.12. The van der Waals surface area contributed by atoms with Crippen LogP contribution >= 0.6 is 0 Å². The number of rotatable bonds is 4. The molecule has 1 saturated carbocycles. The van der Waals surface area contributed by atoms with E-state index in [0.717, 1.165) is 18.3 Å². The highest BCUT2D eigenvalue weighted by Gasteiger charge is 2.29.